The van der Waals surface area contributed by atoms with E-state index in [4.69, 9.17) is 0 Å². The van der Waals surface area contributed by atoms with E-state index in [2.05, 4.69) is 10.6 Å². The predicted molar refractivity (Wildman–Crippen MR) is 103 cm³/mol. The van der Waals surface area contributed by atoms with Crippen LogP contribution in [0.2, 0.25) is 0 Å². The minimum absolute atomic E-state index is 0.0357. The molecular formula is C16H14N4O8S. The maximum Gasteiger partial charge on any atom is 0.293 e. The fraction of sp³-hybridized carbons (Fsp3) is 0.125. The van der Waals surface area contributed by atoms with E-state index >= 15 is 0 Å². The molecular weight excluding hydrogens is 408 g/mol. The average Bonchev–Trinajstić information content (AvgIpc) is 2.71. The summed E-state index contributed by atoms with van der Waals surface area (Å²) >= 11 is 0. The van der Waals surface area contributed by atoms with Crippen LogP contribution in [0.1, 0.15) is 20.7 Å². The lowest BCUT2D eigenvalue weighted by Crippen LogP contribution is -2.24. The molecule has 0 atom stereocenters. The van der Waals surface area contributed by atoms with Crippen LogP contribution < -0.4 is 10.6 Å². The lowest BCUT2D eigenvalue weighted by atomic mass is 10.2. The van der Waals surface area contributed by atoms with Crippen LogP contribution in [-0.4, -0.2) is 42.6 Å². The van der Waals surface area contributed by atoms with Gasteiger partial charge in [-0.15, -0.1) is 0 Å². The summed E-state index contributed by atoms with van der Waals surface area (Å²) in [5.74, 6) is 0. The lowest BCUT2D eigenvalue weighted by Gasteiger charge is -2.07. The number of hydrogen-bond donors (Lipinski definition) is 2. The zero-order chi connectivity index (χ0) is 21.9. The highest BCUT2D eigenvalue weighted by Gasteiger charge is 2.35. The summed E-state index contributed by atoms with van der Waals surface area (Å²) in [5, 5.41) is 23.9. The van der Waals surface area contributed by atoms with Crippen LogP contribution in [0.3, 0.4) is 0 Å². The van der Waals surface area contributed by atoms with Gasteiger partial charge in [0.25, 0.3) is 31.4 Å². The van der Waals surface area contributed by atoms with Crippen molar-refractivity contribution in [1.82, 2.24) is 0 Å². The van der Waals surface area contributed by atoms with Crippen molar-refractivity contribution >= 4 is 42.8 Å². The zero-order valence-electron chi connectivity index (χ0n) is 15.0. The Morgan fingerprint density at radius 1 is 0.793 bits per heavy atom. The Morgan fingerprint density at radius 3 is 1.41 bits per heavy atom. The smallest absolute Gasteiger partial charge is 0.293 e. The summed E-state index contributed by atoms with van der Waals surface area (Å²) < 4.78 is 24.9. The molecule has 2 rings (SSSR count). The number of nitro benzene ring substituents is 2. The molecule has 0 aliphatic carbocycles. The molecule has 29 heavy (non-hydrogen) atoms. The van der Waals surface area contributed by atoms with Gasteiger partial charge in [-0.25, -0.2) is 8.42 Å². The van der Waals surface area contributed by atoms with E-state index in [1.165, 1.54) is 14.1 Å². The number of nitrogens with one attached hydrogen (secondary N) is 2. The van der Waals surface area contributed by atoms with Gasteiger partial charge in [0.15, 0.2) is 0 Å². The fourth-order valence-electron chi connectivity index (χ4n) is 2.44. The molecule has 0 aromatic heterocycles. The standard InChI is InChI=1S/C16H14N4O8S/c1-17-11-5-3-9(7-13(11)19(23)24)15(21)29(27,28)16(22)10-4-6-12(18-2)14(8-10)20(25)26/h3-8,17-18H,1-2H3. The Labute approximate surface area is 163 Å². The van der Waals surface area contributed by atoms with Gasteiger partial charge in [0.1, 0.15) is 11.4 Å². The second-order valence-electron chi connectivity index (χ2n) is 5.56. The van der Waals surface area contributed by atoms with Crippen molar-refractivity contribution in [2.24, 2.45) is 0 Å². The number of hydrogen-bond acceptors (Lipinski definition) is 10. The van der Waals surface area contributed by atoms with Gasteiger partial charge < -0.3 is 10.6 Å². The van der Waals surface area contributed by atoms with Gasteiger partial charge in [-0.3, -0.25) is 29.8 Å². The van der Waals surface area contributed by atoms with Crippen molar-refractivity contribution in [3.05, 3.63) is 67.8 Å². The van der Waals surface area contributed by atoms with E-state index in [0.29, 0.717) is 0 Å². The third-order valence-corrected chi connectivity index (χ3v) is 5.33. The number of sulfone groups is 1. The normalized spacial score (nSPS) is 10.8. The van der Waals surface area contributed by atoms with E-state index in [1.54, 1.807) is 0 Å². The maximum absolute atomic E-state index is 12.4. The van der Waals surface area contributed by atoms with Crippen LogP contribution in [0.15, 0.2) is 36.4 Å². The van der Waals surface area contributed by atoms with Gasteiger partial charge in [0.05, 0.1) is 9.85 Å². The number of anilines is 2. The predicted octanol–water partition coefficient (Wildman–Crippen LogP) is 1.98. The van der Waals surface area contributed by atoms with Crippen molar-refractivity contribution in [2.45, 2.75) is 0 Å². The summed E-state index contributed by atoms with van der Waals surface area (Å²) in [4.78, 5) is 45.3. The van der Waals surface area contributed by atoms with Crippen LogP contribution in [0.4, 0.5) is 22.7 Å². The van der Waals surface area contributed by atoms with Crippen LogP contribution in [0.5, 0.6) is 0 Å². The molecule has 0 aliphatic heterocycles. The number of nitrogens with zero attached hydrogens (tertiary/aromatic N) is 2. The number of rotatable bonds is 6. The monoisotopic (exact) mass is 422 g/mol. The number of nitro groups is 2. The molecule has 0 saturated carbocycles. The number of carbonyl (C=O) groups is 2. The summed E-state index contributed by atoms with van der Waals surface area (Å²) in [6.45, 7) is 0. The van der Waals surface area contributed by atoms with Crippen molar-refractivity contribution in [1.29, 1.82) is 0 Å². The molecule has 0 radical (unpaired) electrons. The second kappa shape index (κ2) is 8.02. The van der Waals surface area contributed by atoms with Gasteiger partial charge in [-0.2, -0.15) is 0 Å². The lowest BCUT2D eigenvalue weighted by molar-refractivity contribution is -0.384. The Morgan fingerprint density at radius 2 is 1.14 bits per heavy atom. The molecule has 0 amide bonds. The molecule has 0 bridgehead atoms. The minimum Gasteiger partial charge on any atom is -0.383 e. The largest absolute Gasteiger partial charge is 0.383 e. The van der Waals surface area contributed by atoms with E-state index in [-0.39, 0.29) is 11.4 Å². The topological polar surface area (TPSA) is 179 Å². The Kier molecular flexibility index (Phi) is 5.92. The molecule has 0 aliphatic rings. The van der Waals surface area contributed by atoms with E-state index < -0.39 is 52.4 Å². The third-order valence-electron chi connectivity index (χ3n) is 3.89. The van der Waals surface area contributed by atoms with Gasteiger partial charge >= 0.3 is 0 Å². The molecule has 12 nitrogen and oxygen atoms in total. The Balaban J connectivity index is 2.50. The van der Waals surface area contributed by atoms with E-state index in [1.807, 2.05) is 0 Å². The van der Waals surface area contributed by atoms with Gasteiger partial charge in [0, 0.05) is 37.4 Å². The van der Waals surface area contributed by atoms with Gasteiger partial charge in [0.2, 0.25) is 0 Å². The maximum atomic E-state index is 12.4. The van der Waals surface area contributed by atoms with Crippen LogP contribution in [-0.2, 0) is 9.84 Å². The second-order valence-corrected chi connectivity index (χ2v) is 7.30. The molecule has 152 valence electrons. The molecule has 2 N–H and O–H groups in total. The molecule has 2 aromatic rings. The van der Waals surface area contributed by atoms with Crippen LogP contribution in [0.25, 0.3) is 0 Å². The van der Waals surface area contributed by atoms with Crippen molar-refractivity contribution in [3.8, 4) is 0 Å². The van der Waals surface area contributed by atoms with Crippen molar-refractivity contribution in [2.75, 3.05) is 24.7 Å². The van der Waals surface area contributed by atoms with Gasteiger partial charge in [-0.05, 0) is 24.3 Å². The summed E-state index contributed by atoms with van der Waals surface area (Å²) in [6, 6.07) is 5.73. The quantitative estimate of drug-likeness (QED) is 0.516. The molecule has 2 aromatic carbocycles. The van der Waals surface area contributed by atoms with Crippen LogP contribution >= 0.6 is 0 Å². The number of benzene rings is 2. The van der Waals surface area contributed by atoms with Crippen molar-refractivity contribution in [3.63, 3.8) is 0 Å². The van der Waals surface area contributed by atoms with Gasteiger partial charge in [-0.1, -0.05) is 0 Å². The average molecular weight is 422 g/mol. The van der Waals surface area contributed by atoms with E-state index in [0.717, 1.165) is 36.4 Å². The molecule has 0 fully saturated rings. The van der Waals surface area contributed by atoms with Crippen LogP contribution in [0, 0.1) is 20.2 Å². The molecule has 0 heterocycles. The number of carbonyl (C=O) groups excluding carboxylic acids is 2. The summed E-state index contributed by atoms with van der Waals surface area (Å²) in [6.07, 6.45) is 0. The minimum atomic E-state index is -5.13. The fourth-order valence-corrected chi connectivity index (χ4v) is 3.48. The molecule has 0 unspecified atom stereocenters. The molecule has 13 heteroatoms. The van der Waals surface area contributed by atoms with E-state index in [9.17, 15) is 38.2 Å². The first-order valence-corrected chi connectivity index (χ1v) is 9.29. The summed E-state index contributed by atoms with van der Waals surface area (Å²) in [7, 11) is -2.34. The highest BCUT2D eigenvalue weighted by molar-refractivity contribution is 8.19. The first-order chi connectivity index (χ1) is 13.5. The Hall–Kier alpha value is -3.87. The first-order valence-electron chi connectivity index (χ1n) is 7.80. The zero-order valence-corrected chi connectivity index (χ0v) is 15.8. The molecule has 0 spiro atoms. The Bertz CT molecular complexity index is 1060. The third kappa shape index (κ3) is 4.03. The van der Waals surface area contributed by atoms with Crippen molar-refractivity contribution < 1.29 is 27.9 Å². The highest BCUT2D eigenvalue weighted by atomic mass is 32.2. The summed E-state index contributed by atoms with van der Waals surface area (Å²) in [5.41, 5.74) is -2.23. The SMILES string of the molecule is CNc1ccc(C(=O)S(=O)(=O)C(=O)c2ccc(NC)c([N+](=O)[O-])c2)cc1[N+](=O)[O-]. The molecule has 0 saturated heterocycles. The first kappa shape index (κ1) is 21.4. The highest BCUT2D eigenvalue weighted by Crippen LogP contribution is 2.28.